The molecule has 0 spiro atoms. The molecule has 7 unspecified atom stereocenters. The van der Waals surface area contributed by atoms with Gasteiger partial charge < -0.3 is 0 Å². The molecule has 0 N–H and O–H groups in total. The number of ketones is 1. The standard InChI is InChI=1S/C23H27ClO9Se/c1-27-9-29-19-16-13(22(26)33-23(32-16)20(19)30-10-28-2)8-12-15(25)18-14(24)21(17(12)31-18)34-11-6-4-3-5-7-11/h3-7,12-14,16-21,23H,8-10H2,1-2H3/t12-,13?,14?,16?,17?,18?,19?,20-,21-,23?/m1/s1. The van der Waals surface area contributed by atoms with E-state index in [0.717, 1.165) is 0 Å². The summed E-state index contributed by atoms with van der Waals surface area (Å²) in [6.45, 7) is -0.0118. The predicted molar refractivity (Wildman–Crippen MR) is 119 cm³/mol. The zero-order valence-electron chi connectivity index (χ0n) is 18.7. The second-order valence-corrected chi connectivity index (χ2v) is 11.8. The van der Waals surface area contributed by atoms with Gasteiger partial charge in [0.05, 0.1) is 0 Å². The summed E-state index contributed by atoms with van der Waals surface area (Å²) in [6, 6.07) is 10.1. The normalized spacial score (nSPS) is 40.7. The average Bonchev–Trinajstić information content (AvgIpc) is 3.43. The molecule has 0 aliphatic carbocycles. The predicted octanol–water partition coefficient (Wildman–Crippen LogP) is 0.645. The van der Waals surface area contributed by atoms with Gasteiger partial charge in [-0.25, -0.2) is 0 Å². The van der Waals surface area contributed by atoms with Crippen LogP contribution >= 0.6 is 11.6 Å². The number of benzene rings is 1. The minimum atomic E-state index is -0.904. The van der Waals surface area contributed by atoms with Crippen LogP contribution in [-0.2, 0) is 42.7 Å². The van der Waals surface area contributed by atoms with Crippen molar-refractivity contribution < 1.29 is 42.7 Å². The van der Waals surface area contributed by atoms with Crippen molar-refractivity contribution in [3.05, 3.63) is 30.3 Å². The van der Waals surface area contributed by atoms with E-state index >= 15 is 0 Å². The monoisotopic (exact) mass is 562 g/mol. The first-order valence-electron chi connectivity index (χ1n) is 11.2. The summed E-state index contributed by atoms with van der Waals surface area (Å²) in [5.74, 6) is -1.65. The number of halogens is 1. The van der Waals surface area contributed by atoms with Crippen LogP contribution in [0.4, 0.5) is 0 Å². The molecule has 1 aromatic carbocycles. The number of rotatable bonds is 10. The van der Waals surface area contributed by atoms with Gasteiger partial charge in [-0.1, -0.05) is 0 Å². The van der Waals surface area contributed by atoms with E-state index in [4.69, 9.17) is 44.8 Å². The maximum absolute atomic E-state index is 13.1. The number of Topliss-reactive ketones (excluding diaryl/α,β-unsaturated/α-hetero) is 1. The Morgan fingerprint density at radius 3 is 2.32 bits per heavy atom. The molecule has 4 heterocycles. The summed E-state index contributed by atoms with van der Waals surface area (Å²) in [6.07, 6.45) is -3.57. The van der Waals surface area contributed by atoms with Crippen LogP contribution in [0, 0.1) is 11.8 Å². The summed E-state index contributed by atoms with van der Waals surface area (Å²) in [4.78, 5) is 26.1. The molecule has 9 nitrogen and oxygen atoms in total. The zero-order chi connectivity index (χ0) is 23.8. The van der Waals surface area contributed by atoms with Crippen molar-refractivity contribution in [2.45, 2.75) is 53.4 Å². The molecule has 5 rings (SSSR count). The van der Waals surface area contributed by atoms with E-state index in [0.29, 0.717) is 0 Å². The van der Waals surface area contributed by atoms with E-state index in [1.165, 1.54) is 18.7 Å². The molecule has 4 bridgehead atoms. The van der Waals surface area contributed by atoms with Gasteiger partial charge in [-0.15, -0.1) is 0 Å². The number of hydrogen-bond acceptors (Lipinski definition) is 9. The first-order valence-corrected chi connectivity index (χ1v) is 13.4. The van der Waals surface area contributed by atoms with Gasteiger partial charge in [-0.05, 0) is 0 Å². The molecular formula is C23H27ClO9Se. The Bertz CT molecular complexity index is 888. The molecule has 4 aliphatic rings. The topological polar surface area (TPSA) is 98.8 Å². The number of carbonyl (C=O) groups is 2. The third-order valence-corrected chi connectivity index (χ3v) is 10.4. The van der Waals surface area contributed by atoms with E-state index in [-0.39, 0.29) is 57.0 Å². The Morgan fingerprint density at radius 1 is 0.941 bits per heavy atom. The van der Waals surface area contributed by atoms with Crippen LogP contribution in [0.25, 0.3) is 0 Å². The molecule has 4 saturated heterocycles. The third-order valence-electron chi connectivity index (χ3n) is 6.69. The van der Waals surface area contributed by atoms with E-state index in [2.05, 4.69) is 12.1 Å². The average molecular weight is 562 g/mol. The van der Waals surface area contributed by atoms with Crippen LogP contribution in [0.5, 0.6) is 0 Å². The van der Waals surface area contributed by atoms with Crippen molar-refractivity contribution >= 4 is 42.8 Å². The molecule has 0 saturated carbocycles. The number of hydrogen-bond donors (Lipinski definition) is 0. The number of ether oxygens (including phenoxy) is 7. The summed E-state index contributed by atoms with van der Waals surface area (Å²) < 4.78 is 40.4. The first kappa shape index (κ1) is 24.6. The van der Waals surface area contributed by atoms with Crippen LogP contribution in [0.15, 0.2) is 30.3 Å². The molecule has 186 valence electrons. The minimum absolute atomic E-state index is 0.00321. The third kappa shape index (κ3) is 4.45. The van der Waals surface area contributed by atoms with Gasteiger partial charge in [0.1, 0.15) is 0 Å². The second kappa shape index (κ2) is 10.5. The van der Waals surface area contributed by atoms with Gasteiger partial charge in [0, 0.05) is 0 Å². The molecular weight excluding hydrogens is 535 g/mol. The van der Waals surface area contributed by atoms with Crippen LogP contribution in [0.3, 0.4) is 0 Å². The summed E-state index contributed by atoms with van der Waals surface area (Å²) in [5, 5.41) is -0.371. The van der Waals surface area contributed by atoms with Gasteiger partial charge in [0.25, 0.3) is 0 Å². The molecule has 10 atom stereocenters. The molecule has 0 aromatic heterocycles. The maximum atomic E-state index is 13.1. The molecule has 0 amide bonds. The van der Waals surface area contributed by atoms with E-state index in [1.807, 2.05) is 18.2 Å². The molecule has 4 fully saturated rings. The zero-order valence-corrected chi connectivity index (χ0v) is 21.2. The number of methoxy groups -OCH3 is 2. The first-order chi connectivity index (χ1) is 16.5. The fourth-order valence-corrected chi connectivity index (χ4v) is 8.50. The van der Waals surface area contributed by atoms with Crippen molar-refractivity contribution in [3.63, 3.8) is 0 Å². The Labute approximate surface area is 208 Å². The Hall–Kier alpha value is -1.07. The van der Waals surface area contributed by atoms with Crippen LogP contribution < -0.4 is 4.46 Å². The van der Waals surface area contributed by atoms with Gasteiger partial charge in [0.2, 0.25) is 0 Å². The second-order valence-electron chi connectivity index (χ2n) is 8.69. The van der Waals surface area contributed by atoms with Crippen LogP contribution in [0.2, 0.25) is 4.82 Å². The number of fused-ring (bicyclic) bond motifs is 4. The molecule has 1 aromatic rings. The Morgan fingerprint density at radius 2 is 1.65 bits per heavy atom. The van der Waals surface area contributed by atoms with Crippen molar-refractivity contribution in [2.75, 3.05) is 27.8 Å². The number of carbonyl (C=O) groups excluding carboxylic acids is 2. The van der Waals surface area contributed by atoms with E-state index in [9.17, 15) is 9.59 Å². The Kier molecular flexibility index (Phi) is 7.60. The van der Waals surface area contributed by atoms with Crippen LogP contribution in [-0.4, -0.2) is 96.7 Å². The summed E-state index contributed by atoms with van der Waals surface area (Å²) in [5.41, 5.74) is 0. The molecule has 4 aliphatic heterocycles. The van der Waals surface area contributed by atoms with E-state index in [1.54, 1.807) is 0 Å². The molecule has 0 radical (unpaired) electrons. The fraction of sp³-hybridized carbons (Fsp3) is 0.652. The van der Waals surface area contributed by atoms with Gasteiger partial charge >= 0.3 is 209 Å². The van der Waals surface area contributed by atoms with Gasteiger partial charge in [0.15, 0.2) is 0 Å². The number of alkyl halides is 1. The molecule has 11 heteroatoms. The fourth-order valence-electron chi connectivity index (χ4n) is 5.20. The quantitative estimate of drug-likeness (QED) is 0.176. The number of esters is 1. The van der Waals surface area contributed by atoms with Crippen molar-refractivity contribution in [2.24, 2.45) is 11.8 Å². The van der Waals surface area contributed by atoms with Crippen molar-refractivity contribution in [1.29, 1.82) is 0 Å². The van der Waals surface area contributed by atoms with E-state index < -0.39 is 48.5 Å². The van der Waals surface area contributed by atoms with Gasteiger partial charge in [-0.2, -0.15) is 0 Å². The van der Waals surface area contributed by atoms with Crippen LogP contribution in [0.1, 0.15) is 6.42 Å². The van der Waals surface area contributed by atoms with Crippen molar-refractivity contribution in [3.8, 4) is 0 Å². The Balaban J connectivity index is 1.33. The SMILES string of the molecule is COCOC1C2OC(OC(=O)C2C[C@@H]2C(=O)C3OC2[C@H]([Se]c2ccccc2)C3Cl)[C@@H]1OCOC. The van der Waals surface area contributed by atoms with Crippen molar-refractivity contribution in [1.82, 2.24) is 0 Å². The summed E-state index contributed by atoms with van der Waals surface area (Å²) in [7, 11) is 3.01. The summed E-state index contributed by atoms with van der Waals surface area (Å²) >= 11 is 6.68. The molecule has 34 heavy (non-hydrogen) atoms. The van der Waals surface area contributed by atoms with Gasteiger partial charge in [-0.3, -0.25) is 0 Å².